The zero-order valence-electron chi connectivity index (χ0n) is 59.5. The van der Waals surface area contributed by atoms with Crippen LogP contribution < -0.4 is 37.2 Å². The third kappa shape index (κ3) is 27.1. The Morgan fingerprint density at radius 2 is 1.00 bits per heavy atom. The molecule has 1 fully saturated rings. The average Bonchev–Trinajstić information content (AvgIpc) is 0.870. The van der Waals surface area contributed by atoms with Crippen molar-refractivity contribution in [3.8, 4) is 0 Å². The summed E-state index contributed by atoms with van der Waals surface area (Å²) in [5.41, 5.74) is 0. The van der Waals surface area contributed by atoms with Gasteiger partial charge < -0.3 is 81.4 Å². The molecule has 93 heavy (non-hydrogen) atoms. The Bertz CT molecular complexity index is 2530. The lowest BCUT2D eigenvalue weighted by Gasteiger charge is -2.40. The summed E-state index contributed by atoms with van der Waals surface area (Å²) in [5.74, 6) is -11.9. The molecule has 0 unspecified atom stereocenters. The molecule has 1 aliphatic heterocycles. The molecule has 0 spiro atoms. The lowest BCUT2D eigenvalue weighted by atomic mass is 9.91. The normalized spacial score (nSPS) is 25.9. The highest BCUT2D eigenvalue weighted by Gasteiger charge is 2.45. The number of aliphatic hydroxyl groups is 2. The quantitative estimate of drug-likeness (QED) is 0.0578. The van der Waals surface area contributed by atoms with Gasteiger partial charge in [0.2, 0.25) is 65.0 Å². The van der Waals surface area contributed by atoms with Gasteiger partial charge in [0.25, 0.3) is 0 Å². The van der Waals surface area contributed by atoms with E-state index in [-0.39, 0.29) is 82.0 Å². The molecule has 9 N–H and O–H groups in total. The molecule has 14 atom stereocenters. The van der Waals surface area contributed by atoms with Gasteiger partial charge in [-0.15, -0.1) is 0 Å². The summed E-state index contributed by atoms with van der Waals surface area (Å²) in [4.78, 5) is 178. The number of rotatable bonds is 21. The molecular weight excluding hydrogens is 1200 g/mol. The first-order valence-electron chi connectivity index (χ1n) is 32.6. The second kappa shape index (κ2) is 40.3. The third-order valence-corrected chi connectivity index (χ3v) is 16.3. The number of alkyl carbamates (subject to hydrolysis) is 1. The summed E-state index contributed by atoms with van der Waals surface area (Å²) >= 11 is 0. The molecule has 28 heteroatoms. The van der Waals surface area contributed by atoms with Gasteiger partial charge in [-0.3, -0.25) is 52.7 Å². The Hall–Kier alpha value is -6.94. The highest BCUT2D eigenvalue weighted by atomic mass is 16.5. The largest absolute Gasteiger partial charge is 0.449 e. The Morgan fingerprint density at radius 3 is 1.48 bits per heavy atom. The minimum Gasteiger partial charge on any atom is -0.449 e. The van der Waals surface area contributed by atoms with E-state index < -0.39 is 168 Å². The van der Waals surface area contributed by atoms with Gasteiger partial charge in [0.05, 0.1) is 32.0 Å². The first-order chi connectivity index (χ1) is 43.1. The van der Waals surface area contributed by atoms with Crippen molar-refractivity contribution in [2.45, 2.75) is 222 Å². The van der Waals surface area contributed by atoms with Crippen molar-refractivity contribution < 1.29 is 77.2 Å². The minimum absolute atomic E-state index is 0.00610. The summed E-state index contributed by atoms with van der Waals surface area (Å²) < 4.78 is 10.4. The molecule has 0 aromatic heterocycles. The molecule has 28 nitrogen and oxygen atoms in total. The zero-order valence-corrected chi connectivity index (χ0v) is 59.5. The van der Waals surface area contributed by atoms with Gasteiger partial charge in [0.15, 0.2) is 0 Å². The second-order valence-electron chi connectivity index (χ2n) is 27.2. The molecule has 1 rings (SSSR count). The predicted octanol–water partition coefficient (Wildman–Crippen LogP) is 1.30. The minimum atomic E-state index is -1.78. The van der Waals surface area contributed by atoms with Crippen molar-refractivity contribution >= 4 is 71.1 Å². The summed E-state index contributed by atoms with van der Waals surface area (Å²) in [6.45, 7) is 26.3. The number of carbonyl (C=O) groups excluding carboxylic acids is 12. The van der Waals surface area contributed by atoms with Crippen LogP contribution in [0.2, 0.25) is 0 Å². The number of carbonyl (C=O) groups is 12. The van der Waals surface area contributed by atoms with Gasteiger partial charge in [0, 0.05) is 48.9 Å². The number of nitrogens with zero attached hydrogens (tertiary/aromatic N) is 5. The first-order valence-corrected chi connectivity index (χ1v) is 32.6. The first kappa shape index (κ1) is 84.1. The molecule has 0 aromatic carbocycles. The molecule has 12 amide bonds. The van der Waals surface area contributed by atoms with Crippen molar-refractivity contribution in [1.29, 1.82) is 0 Å². The molecule has 1 heterocycles. The monoisotopic (exact) mass is 1320 g/mol. The molecular formula is C65H116N12O16. The van der Waals surface area contributed by atoms with E-state index in [0.717, 1.165) is 19.6 Å². The van der Waals surface area contributed by atoms with Crippen molar-refractivity contribution in [2.24, 2.45) is 41.4 Å². The molecule has 1 aliphatic rings. The molecule has 0 saturated carbocycles. The topological polar surface area (TPSA) is 364 Å². The van der Waals surface area contributed by atoms with Crippen LogP contribution in [0.3, 0.4) is 0 Å². The third-order valence-electron chi connectivity index (χ3n) is 16.3. The van der Waals surface area contributed by atoms with Crippen LogP contribution in [0.15, 0.2) is 12.2 Å². The fourth-order valence-electron chi connectivity index (χ4n) is 10.8. The van der Waals surface area contributed by atoms with Crippen LogP contribution in [-0.4, -0.2) is 247 Å². The molecule has 0 aromatic rings. The Balaban J connectivity index is 4.36. The average molecular weight is 1320 g/mol. The van der Waals surface area contributed by atoms with Crippen molar-refractivity contribution in [3.63, 3.8) is 0 Å². The van der Waals surface area contributed by atoms with E-state index in [1.165, 1.54) is 68.0 Å². The maximum absolute atomic E-state index is 15.2. The summed E-state index contributed by atoms with van der Waals surface area (Å²) in [6.07, 6.45) is -0.188. The lowest BCUT2D eigenvalue weighted by molar-refractivity contribution is -0.155. The van der Waals surface area contributed by atoms with E-state index in [1.54, 1.807) is 60.6 Å². The summed E-state index contributed by atoms with van der Waals surface area (Å²) in [7, 11) is 8.07. The Morgan fingerprint density at radius 1 is 0.548 bits per heavy atom. The van der Waals surface area contributed by atoms with Crippen LogP contribution in [0, 0.1) is 41.4 Å². The number of nitrogens with one attached hydrogen (secondary N) is 7. The highest BCUT2D eigenvalue weighted by Crippen LogP contribution is 2.24. The van der Waals surface area contributed by atoms with Gasteiger partial charge >= 0.3 is 6.09 Å². The fraction of sp³-hybridized carbons (Fsp3) is 0.785. The number of aliphatic hydroxyl groups excluding tert-OH is 2. The smallest absolute Gasteiger partial charge is 0.407 e. The number of amides is 12. The van der Waals surface area contributed by atoms with Crippen LogP contribution >= 0.6 is 0 Å². The van der Waals surface area contributed by atoms with Gasteiger partial charge in [0.1, 0.15) is 60.4 Å². The van der Waals surface area contributed by atoms with Crippen LogP contribution in [0.4, 0.5) is 4.79 Å². The maximum atomic E-state index is 15.2. The number of ether oxygens (including phenoxy) is 2. The fourth-order valence-corrected chi connectivity index (χ4v) is 10.8. The number of likely N-dealkylation sites (N-methyl/N-ethyl adjacent to an activating group) is 5. The number of hydrogen-bond acceptors (Lipinski definition) is 16. The van der Waals surface area contributed by atoms with Crippen LogP contribution in [0.25, 0.3) is 0 Å². The highest BCUT2D eigenvalue weighted by molar-refractivity contribution is 5.99. The molecule has 0 aliphatic carbocycles. The van der Waals surface area contributed by atoms with Gasteiger partial charge in [-0.25, -0.2) is 4.79 Å². The van der Waals surface area contributed by atoms with Gasteiger partial charge in [-0.1, -0.05) is 95.2 Å². The van der Waals surface area contributed by atoms with E-state index in [2.05, 4.69) is 37.2 Å². The number of methoxy groups -OCH3 is 1. The predicted molar refractivity (Wildman–Crippen MR) is 351 cm³/mol. The van der Waals surface area contributed by atoms with Crippen molar-refractivity contribution in [3.05, 3.63) is 12.2 Å². The molecule has 0 bridgehead atoms. The number of allylic oxidation sites excluding steroid dienone is 2. The van der Waals surface area contributed by atoms with Crippen LogP contribution in [-0.2, 0) is 62.2 Å². The lowest BCUT2D eigenvalue weighted by Crippen LogP contribution is -2.64. The number of hydrogen-bond donors (Lipinski definition) is 9. The van der Waals surface area contributed by atoms with Crippen molar-refractivity contribution in [1.82, 2.24) is 61.7 Å². The molecule has 1 saturated heterocycles. The Kier molecular flexibility index (Phi) is 36.5. The molecule has 0 radical (unpaired) electrons. The Labute approximate surface area is 552 Å². The van der Waals surface area contributed by atoms with E-state index in [0.29, 0.717) is 0 Å². The van der Waals surface area contributed by atoms with E-state index >= 15 is 9.59 Å². The molecule has 532 valence electrons. The van der Waals surface area contributed by atoms with E-state index in [1.807, 2.05) is 41.5 Å². The summed E-state index contributed by atoms with van der Waals surface area (Å²) in [6, 6.07) is -14.0. The standard InChI is InChI=1S/C65H116N12O16/c1-23-24-25-41(13)54(80)53-60(86)72-51(44(16)78)63(89)73(17)33-50(79)74(18)48(30-37(6)7)59(85)71-46(28-35(2)3)61(87)75(19)49(31-38(8)9)58(84)68-42(14)55(81)67-43(15)56(82)69-45(32-40(12)34-93-65(91)66-26-27-92-22)57(83)70-47(29-36(4)5)62(88)76(20)52(39(10)11)64(90)77(53)21/h23-24,35-49,51-54,78,80H,25-34H2,1-22H3,(H,66,91)(H,67,81)(H,68,84)(H,69,82)(H,70,83)(H,71,85)(H,72,86)/b24-23+/t40-,41+,42-,43+,44+,45-,46-,47-,48-,49-,51-,52-,53-,54+/m0/s1. The summed E-state index contributed by atoms with van der Waals surface area (Å²) in [5, 5.41) is 41.9. The van der Waals surface area contributed by atoms with Crippen molar-refractivity contribution in [2.75, 3.05) is 68.7 Å². The second-order valence-corrected chi connectivity index (χ2v) is 27.2. The van der Waals surface area contributed by atoms with E-state index in [4.69, 9.17) is 9.47 Å². The zero-order chi connectivity index (χ0) is 71.6. The van der Waals surface area contributed by atoms with Gasteiger partial charge in [-0.05, 0) is 108 Å². The van der Waals surface area contributed by atoms with E-state index in [9.17, 15) is 58.2 Å². The van der Waals surface area contributed by atoms with Crippen LogP contribution in [0.1, 0.15) is 149 Å². The SMILES string of the molecule is C/C=C/C[C@@H](C)[C@@H](O)[C@H]1C(=O)N[C@@H]([C@@H](C)O)C(=O)N(C)CC(=O)N(C)[C@@H](CC(C)C)C(=O)N[C@@H](CC(C)C)C(=O)N(C)[C@@H](CC(C)C)C(=O)N[C@@H](C)C(=O)N[C@H](C)C(=O)N[C@@H](C[C@H](C)COC(=O)NCCOC)C(=O)N[C@@H](CC(C)C)C(=O)N(C)[C@@H](C(C)C)C(=O)N1C. The van der Waals surface area contributed by atoms with Crippen LogP contribution in [0.5, 0.6) is 0 Å². The van der Waals surface area contributed by atoms with Gasteiger partial charge in [-0.2, -0.15) is 0 Å². The maximum Gasteiger partial charge on any atom is 0.407 e.